The van der Waals surface area contributed by atoms with Crippen LogP contribution in [0.4, 0.5) is 26.3 Å². The predicted molar refractivity (Wildman–Crippen MR) is 118 cm³/mol. The second kappa shape index (κ2) is 11.4. The van der Waals surface area contributed by atoms with Gasteiger partial charge in [0.05, 0.1) is 11.8 Å². The van der Waals surface area contributed by atoms with E-state index in [9.17, 15) is 26.3 Å². The fraction of sp³-hybridized carbons (Fsp3) is 0.769. The lowest BCUT2D eigenvalue weighted by Crippen LogP contribution is -2.38. The molecule has 0 amide bonds. The van der Waals surface area contributed by atoms with E-state index < -0.39 is 47.2 Å². The Labute approximate surface area is 198 Å². The number of halogens is 6. The topological polar surface area (TPSA) is 18.5 Å². The minimum Gasteiger partial charge on any atom is -0.429 e. The highest BCUT2D eigenvalue weighted by Crippen LogP contribution is 2.44. The standard InChI is InChI=1S/C26H36F6O2/c1-3-5-17-7-11-19(12-8-17)25(29,30)33-21-15-16-22(24(28)23(21)27)34-26(31,32)20-13-9-18(6-4-2)10-14-20/h15-20H,3-14H2,1-2H3. The molecule has 0 atom stereocenters. The van der Waals surface area contributed by atoms with Gasteiger partial charge in [0.2, 0.25) is 11.6 Å². The van der Waals surface area contributed by atoms with Crippen molar-refractivity contribution in [1.82, 2.24) is 0 Å². The Morgan fingerprint density at radius 1 is 0.647 bits per heavy atom. The van der Waals surface area contributed by atoms with E-state index in [2.05, 4.69) is 9.47 Å². The molecule has 0 N–H and O–H groups in total. The number of alkyl halides is 4. The highest BCUT2D eigenvalue weighted by Gasteiger charge is 2.46. The van der Waals surface area contributed by atoms with Crippen molar-refractivity contribution in [2.45, 2.75) is 103 Å². The van der Waals surface area contributed by atoms with Gasteiger partial charge in [0.25, 0.3) is 0 Å². The maximum absolute atomic E-state index is 14.7. The van der Waals surface area contributed by atoms with Gasteiger partial charge in [-0.25, -0.2) is 0 Å². The summed E-state index contributed by atoms with van der Waals surface area (Å²) in [5.41, 5.74) is 0. The minimum atomic E-state index is -3.69. The van der Waals surface area contributed by atoms with Crippen LogP contribution in [0.1, 0.15) is 90.9 Å². The Morgan fingerprint density at radius 2 is 0.971 bits per heavy atom. The van der Waals surface area contributed by atoms with Gasteiger partial charge in [-0.3, -0.25) is 0 Å². The Kier molecular flexibility index (Phi) is 9.07. The third-order valence-electron chi connectivity index (χ3n) is 7.54. The van der Waals surface area contributed by atoms with Crippen molar-refractivity contribution < 1.29 is 35.8 Å². The van der Waals surface area contributed by atoms with Gasteiger partial charge >= 0.3 is 12.2 Å². The average molecular weight is 495 g/mol. The molecule has 34 heavy (non-hydrogen) atoms. The van der Waals surface area contributed by atoms with E-state index in [1.54, 1.807) is 0 Å². The summed E-state index contributed by atoms with van der Waals surface area (Å²) < 4.78 is 96.9. The first kappa shape index (κ1) is 27.0. The van der Waals surface area contributed by atoms with Gasteiger partial charge in [-0.2, -0.15) is 26.3 Å². The zero-order valence-electron chi connectivity index (χ0n) is 20.0. The van der Waals surface area contributed by atoms with Gasteiger partial charge in [0, 0.05) is 0 Å². The van der Waals surface area contributed by atoms with Crippen LogP contribution in [-0.2, 0) is 0 Å². The molecule has 3 rings (SSSR count). The molecule has 0 bridgehead atoms. The Hall–Kier alpha value is -1.60. The van der Waals surface area contributed by atoms with Crippen molar-refractivity contribution in [3.05, 3.63) is 23.8 Å². The molecule has 2 saturated carbocycles. The monoisotopic (exact) mass is 494 g/mol. The van der Waals surface area contributed by atoms with Crippen molar-refractivity contribution >= 4 is 0 Å². The number of rotatable bonds is 10. The van der Waals surface area contributed by atoms with Gasteiger partial charge in [-0.15, -0.1) is 0 Å². The van der Waals surface area contributed by atoms with E-state index in [0.29, 0.717) is 37.5 Å². The van der Waals surface area contributed by atoms with Gasteiger partial charge in [-0.1, -0.05) is 39.5 Å². The molecule has 1 aromatic carbocycles. The van der Waals surface area contributed by atoms with Crippen LogP contribution in [0.5, 0.6) is 11.5 Å². The van der Waals surface area contributed by atoms with Crippen LogP contribution in [0.25, 0.3) is 0 Å². The lowest BCUT2D eigenvalue weighted by molar-refractivity contribution is -0.227. The summed E-state index contributed by atoms with van der Waals surface area (Å²) in [4.78, 5) is 0. The van der Waals surface area contributed by atoms with Crippen LogP contribution in [0, 0.1) is 35.3 Å². The lowest BCUT2D eigenvalue weighted by Gasteiger charge is -2.34. The van der Waals surface area contributed by atoms with E-state index in [4.69, 9.17) is 0 Å². The maximum atomic E-state index is 14.7. The van der Waals surface area contributed by atoms with E-state index in [0.717, 1.165) is 37.8 Å². The zero-order chi connectivity index (χ0) is 24.9. The molecule has 0 unspecified atom stereocenters. The molecule has 0 aliphatic heterocycles. The molecule has 2 aliphatic rings. The minimum absolute atomic E-state index is 0.232. The molecule has 194 valence electrons. The fourth-order valence-electron chi connectivity index (χ4n) is 5.52. The first-order valence-corrected chi connectivity index (χ1v) is 12.7. The van der Waals surface area contributed by atoms with Crippen LogP contribution in [-0.4, -0.2) is 12.2 Å². The second-order valence-corrected chi connectivity index (χ2v) is 10.0. The number of benzene rings is 1. The smallest absolute Gasteiger partial charge is 0.400 e. The van der Waals surface area contributed by atoms with E-state index >= 15 is 0 Å². The first-order valence-electron chi connectivity index (χ1n) is 12.7. The summed E-state index contributed by atoms with van der Waals surface area (Å²) in [6.45, 7) is 4.09. The second-order valence-electron chi connectivity index (χ2n) is 10.0. The molecule has 0 aromatic heterocycles. The van der Waals surface area contributed by atoms with Crippen molar-refractivity contribution in [2.24, 2.45) is 23.7 Å². The van der Waals surface area contributed by atoms with Crippen molar-refractivity contribution in [1.29, 1.82) is 0 Å². The molecule has 0 heterocycles. The molecule has 2 aliphatic carbocycles. The highest BCUT2D eigenvalue weighted by molar-refractivity contribution is 5.35. The molecular formula is C26H36F6O2. The largest absolute Gasteiger partial charge is 0.429 e. The summed E-state index contributed by atoms with van der Waals surface area (Å²) in [5, 5.41) is 0. The zero-order valence-corrected chi connectivity index (χ0v) is 20.0. The van der Waals surface area contributed by atoms with Crippen LogP contribution in [0.3, 0.4) is 0 Å². The predicted octanol–water partition coefficient (Wildman–Crippen LogP) is 9.12. The van der Waals surface area contributed by atoms with Crippen molar-refractivity contribution in [3.8, 4) is 11.5 Å². The Bertz CT molecular complexity index is 719. The third-order valence-corrected chi connectivity index (χ3v) is 7.54. The average Bonchev–Trinajstić information content (AvgIpc) is 2.80. The summed E-state index contributed by atoms with van der Waals surface area (Å²) in [6.07, 6.45) is 0.0236. The molecule has 2 fully saturated rings. The maximum Gasteiger partial charge on any atom is 0.400 e. The summed E-state index contributed by atoms with van der Waals surface area (Å²) in [5.74, 6) is -6.93. The molecule has 0 spiro atoms. The summed E-state index contributed by atoms with van der Waals surface area (Å²) in [6, 6.07) is 1.47. The normalized spacial score (nSPS) is 26.4. The van der Waals surface area contributed by atoms with Crippen LogP contribution in [0.15, 0.2) is 12.1 Å². The summed E-state index contributed by atoms with van der Waals surface area (Å²) in [7, 11) is 0. The molecule has 1 aromatic rings. The Morgan fingerprint density at radius 3 is 1.26 bits per heavy atom. The lowest BCUT2D eigenvalue weighted by atomic mass is 9.79. The van der Waals surface area contributed by atoms with E-state index in [-0.39, 0.29) is 25.7 Å². The van der Waals surface area contributed by atoms with Crippen LogP contribution in [0.2, 0.25) is 0 Å². The molecule has 0 saturated heterocycles. The van der Waals surface area contributed by atoms with Crippen LogP contribution >= 0.6 is 0 Å². The highest BCUT2D eigenvalue weighted by atomic mass is 19.3. The molecule has 0 radical (unpaired) electrons. The third kappa shape index (κ3) is 6.54. The first-order chi connectivity index (χ1) is 16.1. The van der Waals surface area contributed by atoms with Crippen molar-refractivity contribution in [2.75, 3.05) is 0 Å². The fourth-order valence-corrected chi connectivity index (χ4v) is 5.52. The van der Waals surface area contributed by atoms with Gasteiger partial charge in [0.15, 0.2) is 11.5 Å². The van der Waals surface area contributed by atoms with E-state index in [1.165, 1.54) is 0 Å². The molecule has 2 nitrogen and oxygen atoms in total. The number of ether oxygens (including phenoxy) is 2. The summed E-state index contributed by atoms with van der Waals surface area (Å²) >= 11 is 0. The van der Waals surface area contributed by atoms with Crippen LogP contribution < -0.4 is 9.47 Å². The van der Waals surface area contributed by atoms with Crippen molar-refractivity contribution in [3.63, 3.8) is 0 Å². The quantitative estimate of drug-likeness (QED) is 0.302. The molecular weight excluding hydrogens is 458 g/mol. The van der Waals surface area contributed by atoms with Gasteiger partial charge in [-0.05, 0) is 75.3 Å². The van der Waals surface area contributed by atoms with Gasteiger partial charge in [0.1, 0.15) is 0 Å². The van der Waals surface area contributed by atoms with E-state index in [1.807, 2.05) is 13.8 Å². The SMILES string of the molecule is CCCC1CCC(C(F)(F)Oc2ccc(OC(F)(F)C3CCC(CCC)CC3)c(F)c2F)CC1. The number of hydrogen-bond donors (Lipinski definition) is 0. The van der Waals surface area contributed by atoms with Gasteiger partial charge < -0.3 is 9.47 Å². The molecule has 8 heteroatoms. The number of hydrogen-bond acceptors (Lipinski definition) is 2. The Balaban J connectivity index is 1.63.